The molecule has 2 rings (SSSR count). The predicted molar refractivity (Wildman–Crippen MR) is 96.9 cm³/mol. The van der Waals surface area contributed by atoms with Crippen molar-refractivity contribution in [2.75, 3.05) is 26.7 Å². The Kier molecular flexibility index (Phi) is 6.24. The number of hydrogen-bond donors (Lipinski definition) is 2. The SMILES string of the molecule is Cc1cccc(CN2CCC(NC(=O)N(C)CC(C)(C)O)CC2)c1. The molecule has 1 aliphatic rings. The molecule has 1 aromatic rings. The van der Waals surface area contributed by atoms with E-state index in [1.807, 2.05) is 0 Å². The number of piperidine rings is 1. The van der Waals surface area contributed by atoms with E-state index in [0.29, 0.717) is 6.54 Å². The van der Waals surface area contributed by atoms with Crippen LogP contribution in [0.2, 0.25) is 0 Å². The molecule has 1 saturated heterocycles. The van der Waals surface area contributed by atoms with Crippen molar-refractivity contribution in [3.8, 4) is 0 Å². The smallest absolute Gasteiger partial charge is 0.317 e. The number of likely N-dealkylation sites (tertiary alicyclic amines) is 1. The first-order chi connectivity index (χ1) is 11.2. The molecule has 0 saturated carbocycles. The van der Waals surface area contributed by atoms with Crippen molar-refractivity contribution < 1.29 is 9.90 Å². The van der Waals surface area contributed by atoms with Gasteiger partial charge in [-0.2, -0.15) is 0 Å². The predicted octanol–water partition coefficient (Wildman–Crippen LogP) is 2.37. The number of carbonyl (C=O) groups is 1. The molecule has 5 nitrogen and oxygen atoms in total. The minimum atomic E-state index is -0.872. The number of rotatable bonds is 5. The van der Waals surface area contributed by atoms with E-state index in [2.05, 4.69) is 41.4 Å². The lowest BCUT2D eigenvalue weighted by molar-refractivity contribution is 0.0522. The lowest BCUT2D eigenvalue weighted by Gasteiger charge is -2.34. The zero-order valence-corrected chi connectivity index (χ0v) is 15.4. The first-order valence-corrected chi connectivity index (χ1v) is 8.75. The highest BCUT2D eigenvalue weighted by Crippen LogP contribution is 2.15. The Hall–Kier alpha value is -1.59. The van der Waals surface area contributed by atoms with E-state index < -0.39 is 5.60 Å². The lowest BCUT2D eigenvalue weighted by Crippen LogP contribution is -2.50. The second kappa shape index (κ2) is 7.99. The summed E-state index contributed by atoms with van der Waals surface area (Å²) in [6.07, 6.45) is 1.93. The molecule has 0 unspecified atom stereocenters. The number of carbonyl (C=O) groups excluding carboxylic acids is 1. The van der Waals surface area contributed by atoms with Crippen molar-refractivity contribution in [2.45, 2.75) is 51.8 Å². The fraction of sp³-hybridized carbons (Fsp3) is 0.632. The van der Waals surface area contributed by atoms with Crippen LogP contribution in [0.3, 0.4) is 0 Å². The summed E-state index contributed by atoms with van der Waals surface area (Å²) in [6.45, 7) is 8.82. The van der Waals surface area contributed by atoms with E-state index in [-0.39, 0.29) is 12.1 Å². The highest BCUT2D eigenvalue weighted by Gasteiger charge is 2.24. The first-order valence-electron chi connectivity index (χ1n) is 8.75. The molecule has 0 aromatic heterocycles. The molecule has 134 valence electrons. The number of likely N-dealkylation sites (N-methyl/N-ethyl adjacent to an activating group) is 1. The summed E-state index contributed by atoms with van der Waals surface area (Å²) in [5.74, 6) is 0. The minimum absolute atomic E-state index is 0.103. The summed E-state index contributed by atoms with van der Waals surface area (Å²) < 4.78 is 0. The molecular formula is C19H31N3O2. The fourth-order valence-corrected chi connectivity index (χ4v) is 3.24. The second-order valence-electron chi connectivity index (χ2n) is 7.66. The molecule has 0 bridgehead atoms. The molecular weight excluding hydrogens is 302 g/mol. The lowest BCUT2D eigenvalue weighted by atomic mass is 10.0. The molecule has 0 radical (unpaired) electrons. The van der Waals surface area contributed by atoms with E-state index in [1.54, 1.807) is 25.8 Å². The van der Waals surface area contributed by atoms with Gasteiger partial charge in [-0.25, -0.2) is 4.79 Å². The monoisotopic (exact) mass is 333 g/mol. The number of urea groups is 1. The maximum absolute atomic E-state index is 12.2. The topological polar surface area (TPSA) is 55.8 Å². The molecule has 2 N–H and O–H groups in total. The fourth-order valence-electron chi connectivity index (χ4n) is 3.24. The third-order valence-electron chi connectivity index (χ3n) is 4.37. The van der Waals surface area contributed by atoms with E-state index in [0.717, 1.165) is 32.5 Å². The van der Waals surface area contributed by atoms with Crippen molar-refractivity contribution in [2.24, 2.45) is 0 Å². The summed E-state index contributed by atoms with van der Waals surface area (Å²) in [5, 5.41) is 12.9. The van der Waals surface area contributed by atoms with E-state index in [9.17, 15) is 9.90 Å². The summed E-state index contributed by atoms with van der Waals surface area (Å²) in [7, 11) is 1.72. The van der Waals surface area contributed by atoms with Gasteiger partial charge >= 0.3 is 6.03 Å². The van der Waals surface area contributed by atoms with Crippen LogP contribution in [0.15, 0.2) is 24.3 Å². The average Bonchev–Trinajstić information content (AvgIpc) is 2.47. The van der Waals surface area contributed by atoms with Gasteiger partial charge < -0.3 is 15.3 Å². The molecule has 0 atom stereocenters. The summed E-state index contributed by atoms with van der Waals surface area (Å²) >= 11 is 0. The van der Waals surface area contributed by atoms with Crippen molar-refractivity contribution in [1.82, 2.24) is 15.1 Å². The normalized spacial score (nSPS) is 16.9. The van der Waals surface area contributed by atoms with Crippen molar-refractivity contribution >= 4 is 6.03 Å². The van der Waals surface area contributed by atoms with Gasteiger partial charge in [0.2, 0.25) is 0 Å². The molecule has 0 spiro atoms. The number of nitrogens with zero attached hydrogens (tertiary/aromatic N) is 2. The van der Waals surface area contributed by atoms with Crippen LogP contribution in [0.5, 0.6) is 0 Å². The summed E-state index contributed by atoms with van der Waals surface area (Å²) in [5.41, 5.74) is 1.77. The van der Waals surface area contributed by atoms with Crippen LogP contribution >= 0.6 is 0 Å². The maximum atomic E-state index is 12.2. The zero-order valence-electron chi connectivity index (χ0n) is 15.4. The van der Waals surface area contributed by atoms with Crippen LogP contribution in [0.25, 0.3) is 0 Å². The first kappa shape index (κ1) is 18.7. The van der Waals surface area contributed by atoms with Crippen LogP contribution in [0, 0.1) is 6.92 Å². The van der Waals surface area contributed by atoms with Gasteiger partial charge in [-0.05, 0) is 39.2 Å². The Morgan fingerprint density at radius 3 is 2.62 bits per heavy atom. The number of hydrogen-bond acceptors (Lipinski definition) is 3. The van der Waals surface area contributed by atoms with Gasteiger partial charge in [-0.1, -0.05) is 29.8 Å². The molecule has 1 fully saturated rings. The molecule has 0 aliphatic carbocycles. The molecule has 5 heteroatoms. The van der Waals surface area contributed by atoms with E-state index in [1.165, 1.54) is 11.1 Å². The molecule has 1 aliphatic heterocycles. The molecule has 1 aromatic carbocycles. The minimum Gasteiger partial charge on any atom is -0.389 e. The highest BCUT2D eigenvalue weighted by atomic mass is 16.3. The standard InChI is InChI=1S/C19H31N3O2/c1-15-6-5-7-16(12-15)13-22-10-8-17(9-11-22)20-18(23)21(4)14-19(2,3)24/h5-7,12,17,24H,8-11,13-14H2,1-4H3,(H,20,23). The molecule has 2 amide bonds. The van der Waals surface area contributed by atoms with Crippen LogP contribution in [-0.2, 0) is 6.54 Å². The largest absolute Gasteiger partial charge is 0.389 e. The second-order valence-corrected chi connectivity index (χ2v) is 7.66. The van der Waals surface area contributed by atoms with Gasteiger partial charge in [0.25, 0.3) is 0 Å². The van der Waals surface area contributed by atoms with Gasteiger partial charge in [0.15, 0.2) is 0 Å². The number of aliphatic hydroxyl groups is 1. The Morgan fingerprint density at radius 2 is 2.04 bits per heavy atom. The summed E-state index contributed by atoms with van der Waals surface area (Å²) in [6, 6.07) is 8.75. The number of amides is 2. The van der Waals surface area contributed by atoms with Gasteiger partial charge in [0.1, 0.15) is 0 Å². The average molecular weight is 333 g/mol. The maximum Gasteiger partial charge on any atom is 0.317 e. The quantitative estimate of drug-likeness (QED) is 0.870. The number of benzene rings is 1. The van der Waals surface area contributed by atoms with Crippen LogP contribution < -0.4 is 5.32 Å². The summed E-state index contributed by atoms with van der Waals surface area (Å²) in [4.78, 5) is 16.2. The van der Waals surface area contributed by atoms with E-state index in [4.69, 9.17) is 0 Å². The number of nitrogens with one attached hydrogen (secondary N) is 1. The molecule has 24 heavy (non-hydrogen) atoms. The zero-order chi connectivity index (χ0) is 17.7. The van der Waals surface area contributed by atoms with Crippen LogP contribution in [0.4, 0.5) is 4.79 Å². The third kappa shape index (κ3) is 6.13. The van der Waals surface area contributed by atoms with Gasteiger partial charge in [-0.15, -0.1) is 0 Å². The Balaban J connectivity index is 1.75. The Bertz CT molecular complexity index is 546. The van der Waals surface area contributed by atoms with Crippen molar-refractivity contribution in [3.05, 3.63) is 35.4 Å². The van der Waals surface area contributed by atoms with E-state index >= 15 is 0 Å². The highest BCUT2D eigenvalue weighted by molar-refractivity contribution is 5.74. The van der Waals surface area contributed by atoms with Gasteiger partial charge in [0.05, 0.1) is 12.1 Å². The molecule has 1 heterocycles. The van der Waals surface area contributed by atoms with Crippen molar-refractivity contribution in [3.63, 3.8) is 0 Å². The third-order valence-corrected chi connectivity index (χ3v) is 4.37. The van der Waals surface area contributed by atoms with Crippen molar-refractivity contribution in [1.29, 1.82) is 0 Å². The Labute approximate surface area is 145 Å². The van der Waals surface area contributed by atoms with Gasteiger partial charge in [-0.3, -0.25) is 4.90 Å². The number of aryl methyl sites for hydroxylation is 1. The van der Waals surface area contributed by atoms with Gasteiger partial charge in [0, 0.05) is 32.7 Å². The van der Waals surface area contributed by atoms with Crippen LogP contribution in [-0.4, -0.2) is 59.3 Å². The Morgan fingerprint density at radius 1 is 1.38 bits per heavy atom. The van der Waals surface area contributed by atoms with Crippen LogP contribution in [0.1, 0.15) is 37.8 Å².